The van der Waals surface area contributed by atoms with Crippen molar-refractivity contribution in [1.29, 1.82) is 0 Å². The molecule has 0 amide bonds. The third-order valence-electron chi connectivity index (χ3n) is 2.77. The topological polar surface area (TPSA) is 94.6 Å². The van der Waals surface area contributed by atoms with Gasteiger partial charge in [-0.15, -0.1) is 0 Å². The molecule has 0 fully saturated rings. The SMILES string of the molecule is NCCCNCCCOCCOCCCNCCCN. The Kier molecular flexibility index (Phi) is 18.5. The molecule has 6 nitrogen and oxygen atoms in total. The summed E-state index contributed by atoms with van der Waals surface area (Å²) in [7, 11) is 0. The van der Waals surface area contributed by atoms with Gasteiger partial charge in [0, 0.05) is 13.2 Å². The van der Waals surface area contributed by atoms with E-state index < -0.39 is 0 Å². The van der Waals surface area contributed by atoms with Crippen molar-refractivity contribution in [2.45, 2.75) is 25.7 Å². The second kappa shape index (κ2) is 18.8. The maximum absolute atomic E-state index is 5.48. The smallest absolute Gasteiger partial charge is 0.0700 e. The number of nitrogens with two attached hydrogens (primary N) is 2. The van der Waals surface area contributed by atoms with E-state index in [2.05, 4.69) is 10.6 Å². The summed E-state index contributed by atoms with van der Waals surface area (Å²) >= 11 is 0. The van der Waals surface area contributed by atoms with Crippen molar-refractivity contribution < 1.29 is 9.47 Å². The predicted molar refractivity (Wildman–Crippen MR) is 84.0 cm³/mol. The largest absolute Gasteiger partial charge is 0.379 e. The molecule has 6 N–H and O–H groups in total. The zero-order valence-electron chi connectivity index (χ0n) is 12.9. The molecular weight excluding hydrogens is 256 g/mol. The van der Waals surface area contributed by atoms with Gasteiger partial charge in [0.2, 0.25) is 0 Å². The van der Waals surface area contributed by atoms with Gasteiger partial charge in [-0.2, -0.15) is 0 Å². The highest BCUT2D eigenvalue weighted by Crippen LogP contribution is 1.85. The number of hydrogen-bond acceptors (Lipinski definition) is 6. The van der Waals surface area contributed by atoms with Crippen molar-refractivity contribution in [2.24, 2.45) is 11.5 Å². The summed E-state index contributed by atoms with van der Waals surface area (Å²) < 4.78 is 11.0. The van der Waals surface area contributed by atoms with E-state index in [4.69, 9.17) is 20.9 Å². The monoisotopic (exact) mass is 290 g/mol. The van der Waals surface area contributed by atoms with E-state index >= 15 is 0 Å². The van der Waals surface area contributed by atoms with Gasteiger partial charge < -0.3 is 31.6 Å². The summed E-state index contributed by atoms with van der Waals surface area (Å²) in [5.74, 6) is 0. The van der Waals surface area contributed by atoms with Gasteiger partial charge >= 0.3 is 0 Å². The Morgan fingerprint density at radius 2 is 0.950 bits per heavy atom. The van der Waals surface area contributed by atoms with Gasteiger partial charge in [-0.1, -0.05) is 0 Å². The fourth-order valence-corrected chi connectivity index (χ4v) is 1.62. The molecule has 0 spiro atoms. The standard InChI is InChI=1S/C14H34N4O2/c15-5-1-7-17-9-3-11-19-13-14-20-12-4-10-18-8-2-6-16/h17-18H,1-16H2. The van der Waals surface area contributed by atoms with Crippen LogP contribution in [0.25, 0.3) is 0 Å². The maximum atomic E-state index is 5.48. The van der Waals surface area contributed by atoms with Crippen molar-refractivity contribution in [1.82, 2.24) is 10.6 Å². The average molecular weight is 290 g/mol. The lowest BCUT2D eigenvalue weighted by molar-refractivity contribution is 0.0462. The van der Waals surface area contributed by atoms with Crippen molar-refractivity contribution in [3.05, 3.63) is 0 Å². The van der Waals surface area contributed by atoms with Gasteiger partial charge in [-0.3, -0.25) is 0 Å². The Bertz CT molecular complexity index is 155. The van der Waals surface area contributed by atoms with E-state index in [0.717, 1.165) is 78.2 Å². The molecule has 0 aliphatic carbocycles. The van der Waals surface area contributed by atoms with E-state index in [-0.39, 0.29) is 0 Å². The lowest BCUT2D eigenvalue weighted by atomic mass is 10.4. The molecule has 0 unspecified atom stereocenters. The Balaban J connectivity index is 2.89. The highest BCUT2D eigenvalue weighted by Gasteiger charge is 1.92. The minimum atomic E-state index is 0.684. The quantitative estimate of drug-likeness (QED) is 0.274. The van der Waals surface area contributed by atoms with Crippen LogP contribution < -0.4 is 22.1 Å². The zero-order chi connectivity index (χ0) is 14.7. The summed E-state index contributed by atoms with van der Waals surface area (Å²) in [6, 6.07) is 0. The van der Waals surface area contributed by atoms with Gasteiger partial charge in [0.25, 0.3) is 0 Å². The van der Waals surface area contributed by atoms with Gasteiger partial charge in [-0.05, 0) is 65.0 Å². The molecule has 0 heterocycles. The first-order valence-electron chi connectivity index (χ1n) is 7.89. The normalized spacial score (nSPS) is 11.1. The molecule has 0 radical (unpaired) electrons. The molecule has 6 heteroatoms. The van der Waals surface area contributed by atoms with Crippen LogP contribution in [-0.4, -0.2) is 65.7 Å². The summed E-state index contributed by atoms with van der Waals surface area (Å²) in [5.41, 5.74) is 10.8. The van der Waals surface area contributed by atoms with Crippen molar-refractivity contribution in [3.63, 3.8) is 0 Å². The Morgan fingerprint density at radius 3 is 1.35 bits per heavy atom. The summed E-state index contributed by atoms with van der Waals surface area (Å²) in [4.78, 5) is 0. The summed E-state index contributed by atoms with van der Waals surface area (Å²) in [6.07, 6.45) is 4.15. The first-order chi connectivity index (χ1) is 9.91. The van der Waals surface area contributed by atoms with Crippen LogP contribution in [0.4, 0.5) is 0 Å². The van der Waals surface area contributed by atoms with Crippen LogP contribution >= 0.6 is 0 Å². The predicted octanol–water partition coefficient (Wildman–Crippen LogP) is -0.323. The van der Waals surface area contributed by atoms with Gasteiger partial charge in [0.1, 0.15) is 0 Å². The lowest BCUT2D eigenvalue weighted by Gasteiger charge is -2.07. The summed E-state index contributed by atoms with van der Waals surface area (Å²) in [6.45, 7) is 8.45. The first kappa shape index (κ1) is 19.8. The molecule has 0 atom stereocenters. The van der Waals surface area contributed by atoms with Gasteiger partial charge in [-0.25, -0.2) is 0 Å². The van der Waals surface area contributed by atoms with E-state index in [1.165, 1.54) is 0 Å². The second-order valence-electron chi connectivity index (χ2n) is 4.72. The second-order valence-corrected chi connectivity index (χ2v) is 4.72. The van der Waals surface area contributed by atoms with E-state index in [0.29, 0.717) is 13.2 Å². The van der Waals surface area contributed by atoms with Crippen LogP contribution in [0.1, 0.15) is 25.7 Å². The van der Waals surface area contributed by atoms with Gasteiger partial charge in [0.05, 0.1) is 13.2 Å². The number of nitrogens with one attached hydrogen (secondary N) is 2. The maximum Gasteiger partial charge on any atom is 0.0700 e. The fraction of sp³-hybridized carbons (Fsp3) is 1.00. The molecule has 0 saturated carbocycles. The number of hydrogen-bond donors (Lipinski definition) is 4. The highest BCUT2D eigenvalue weighted by molar-refractivity contribution is 4.49. The molecule has 122 valence electrons. The molecule has 0 aromatic carbocycles. The van der Waals surface area contributed by atoms with Crippen molar-refractivity contribution in [3.8, 4) is 0 Å². The highest BCUT2D eigenvalue weighted by atomic mass is 16.5. The first-order valence-corrected chi connectivity index (χ1v) is 7.89. The minimum Gasteiger partial charge on any atom is -0.379 e. The average Bonchev–Trinajstić information content (AvgIpc) is 2.47. The van der Waals surface area contributed by atoms with Crippen LogP contribution in [0.2, 0.25) is 0 Å². The van der Waals surface area contributed by atoms with Gasteiger partial charge in [0.15, 0.2) is 0 Å². The molecule has 0 bridgehead atoms. The zero-order valence-corrected chi connectivity index (χ0v) is 12.9. The van der Waals surface area contributed by atoms with Crippen LogP contribution in [0.15, 0.2) is 0 Å². The fourth-order valence-electron chi connectivity index (χ4n) is 1.62. The number of ether oxygens (including phenoxy) is 2. The lowest BCUT2D eigenvalue weighted by Crippen LogP contribution is -2.21. The Morgan fingerprint density at radius 1 is 0.550 bits per heavy atom. The Hall–Kier alpha value is -0.240. The Labute approximate surface area is 123 Å². The molecule has 0 aliphatic rings. The molecule has 0 aromatic rings. The van der Waals surface area contributed by atoms with Crippen LogP contribution in [0.5, 0.6) is 0 Å². The van der Waals surface area contributed by atoms with Crippen LogP contribution in [0, 0.1) is 0 Å². The van der Waals surface area contributed by atoms with E-state index in [1.54, 1.807) is 0 Å². The molecule has 0 aliphatic heterocycles. The number of rotatable bonds is 17. The molecule has 20 heavy (non-hydrogen) atoms. The molecule has 0 saturated heterocycles. The minimum absolute atomic E-state index is 0.684. The van der Waals surface area contributed by atoms with E-state index in [9.17, 15) is 0 Å². The van der Waals surface area contributed by atoms with Crippen molar-refractivity contribution >= 4 is 0 Å². The molecule has 0 aromatic heterocycles. The molecule has 0 rings (SSSR count). The van der Waals surface area contributed by atoms with Crippen LogP contribution in [0.3, 0.4) is 0 Å². The van der Waals surface area contributed by atoms with E-state index in [1.807, 2.05) is 0 Å². The van der Waals surface area contributed by atoms with Crippen LogP contribution in [-0.2, 0) is 9.47 Å². The van der Waals surface area contributed by atoms with Crippen molar-refractivity contribution in [2.75, 3.05) is 65.7 Å². The molecular formula is C14H34N4O2. The third kappa shape index (κ3) is 17.8. The third-order valence-corrected chi connectivity index (χ3v) is 2.77. The summed E-state index contributed by atoms with van der Waals surface area (Å²) in [5, 5.41) is 6.64.